The maximum Gasteiger partial charge on any atom is 0.327 e. The zero-order valence-electron chi connectivity index (χ0n) is 17.1. The standard InChI is InChI=1S/C23H23Cl2FN2O3/c1-31-21-9-6-14(10-19(21)26)12-27-20-5-3-2-4-17(20)22(29)28(23(27)30)13-15-7-8-16(24)11-18(15)25/h6-11,17,20H,2-5,12-13H2,1H3. The summed E-state index contributed by atoms with van der Waals surface area (Å²) in [6.45, 7) is 0.295. The van der Waals surface area contributed by atoms with Crippen LogP contribution in [0, 0.1) is 11.7 Å². The topological polar surface area (TPSA) is 49.9 Å². The van der Waals surface area contributed by atoms with Crippen molar-refractivity contribution in [3.8, 4) is 5.75 Å². The molecule has 1 heterocycles. The van der Waals surface area contributed by atoms with Crippen molar-refractivity contribution in [2.24, 2.45) is 5.92 Å². The summed E-state index contributed by atoms with van der Waals surface area (Å²) in [7, 11) is 1.41. The minimum atomic E-state index is -0.481. The highest BCUT2D eigenvalue weighted by Gasteiger charge is 2.46. The monoisotopic (exact) mass is 464 g/mol. The zero-order chi connectivity index (χ0) is 22.1. The summed E-state index contributed by atoms with van der Waals surface area (Å²) in [4.78, 5) is 29.6. The molecule has 1 aliphatic heterocycles. The third-order valence-electron chi connectivity index (χ3n) is 6.10. The summed E-state index contributed by atoms with van der Waals surface area (Å²) < 4.78 is 19.2. The molecule has 5 nitrogen and oxygen atoms in total. The van der Waals surface area contributed by atoms with Gasteiger partial charge in [0.1, 0.15) is 0 Å². The average Bonchev–Trinajstić information content (AvgIpc) is 2.75. The molecule has 1 saturated carbocycles. The number of amides is 3. The van der Waals surface area contributed by atoms with E-state index in [0.717, 1.165) is 25.7 Å². The third-order valence-corrected chi connectivity index (χ3v) is 6.69. The normalized spacial score (nSPS) is 21.3. The largest absolute Gasteiger partial charge is 0.494 e. The SMILES string of the molecule is COc1ccc(CN2C(=O)N(Cc3ccc(Cl)cc3Cl)C(=O)C3CCCCC32)cc1F. The number of hydrogen-bond acceptors (Lipinski definition) is 3. The Labute approximate surface area is 190 Å². The first-order valence-electron chi connectivity index (χ1n) is 10.3. The quantitative estimate of drug-likeness (QED) is 0.572. The molecule has 0 spiro atoms. The zero-order valence-corrected chi connectivity index (χ0v) is 18.6. The molecule has 2 atom stereocenters. The number of ether oxygens (including phenoxy) is 1. The van der Waals surface area contributed by atoms with Gasteiger partial charge in [-0.15, -0.1) is 0 Å². The number of rotatable bonds is 5. The van der Waals surface area contributed by atoms with Crippen molar-refractivity contribution in [1.29, 1.82) is 0 Å². The van der Waals surface area contributed by atoms with Crippen LogP contribution in [0.4, 0.5) is 9.18 Å². The molecule has 1 saturated heterocycles. The summed E-state index contributed by atoms with van der Waals surface area (Å²) in [5.41, 5.74) is 1.30. The Balaban J connectivity index is 1.63. The van der Waals surface area contributed by atoms with Crippen LogP contribution in [0.2, 0.25) is 10.0 Å². The van der Waals surface area contributed by atoms with E-state index in [4.69, 9.17) is 27.9 Å². The summed E-state index contributed by atoms with van der Waals surface area (Å²) >= 11 is 12.3. The van der Waals surface area contributed by atoms with E-state index in [0.29, 0.717) is 21.2 Å². The van der Waals surface area contributed by atoms with E-state index >= 15 is 0 Å². The Hall–Kier alpha value is -2.31. The second kappa shape index (κ2) is 9.05. The van der Waals surface area contributed by atoms with Gasteiger partial charge in [-0.25, -0.2) is 9.18 Å². The molecule has 1 aliphatic carbocycles. The summed E-state index contributed by atoms with van der Waals surface area (Å²) in [5.74, 6) is -0.762. The first-order valence-corrected chi connectivity index (χ1v) is 11.0. The molecule has 2 aromatic carbocycles. The Morgan fingerprint density at radius 1 is 1.06 bits per heavy atom. The first kappa shape index (κ1) is 21.9. The van der Waals surface area contributed by atoms with Gasteiger partial charge in [-0.3, -0.25) is 9.69 Å². The van der Waals surface area contributed by atoms with Crippen LogP contribution >= 0.6 is 23.2 Å². The van der Waals surface area contributed by atoms with E-state index < -0.39 is 5.82 Å². The third kappa shape index (κ3) is 4.37. The molecule has 0 N–H and O–H groups in total. The lowest BCUT2D eigenvalue weighted by Gasteiger charge is -2.47. The maximum atomic E-state index is 14.2. The number of urea groups is 1. The second-order valence-electron chi connectivity index (χ2n) is 8.00. The van der Waals surface area contributed by atoms with Crippen molar-refractivity contribution in [3.63, 3.8) is 0 Å². The number of imide groups is 1. The van der Waals surface area contributed by atoms with Gasteiger partial charge in [-0.1, -0.05) is 48.2 Å². The van der Waals surface area contributed by atoms with E-state index in [9.17, 15) is 14.0 Å². The van der Waals surface area contributed by atoms with E-state index in [1.165, 1.54) is 18.1 Å². The second-order valence-corrected chi connectivity index (χ2v) is 8.84. The van der Waals surface area contributed by atoms with Crippen LogP contribution in [-0.2, 0) is 17.9 Å². The highest BCUT2D eigenvalue weighted by Crippen LogP contribution is 2.37. The van der Waals surface area contributed by atoms with Gasteiger partial charge < -0.3 is 9.64 Å². The first-order chi connectivity index (χ1) is 14.9. The number of carbonyl (C=O) groups is 2. The highest BCUT2D eigenvalue weighted by molar-refractivity contribution is 6.35. The van der Waals surface area contributed by atoms with E-state index in [-0.39, 0.29) is 42.7 Å². The highest BCUT2D eigenvalue weighted by atomic mass is 35.5. The van der Waals surface area contributed by atoms with Crippen LogP contribution in [0.5, 0.6) is 5.75 Å². The molecule has 164 valence electrons. The van der Waals surface area contributed by atoms with Crippen LogP contribution in [0.3, 0.4) is 0 Å². The molecule has 2 unspecified atom stereocenters. The number of carbonyl (C=O) groups excluding carboxylic acids is 2. The lowest BCUT2D eigenvalue weighted by molar-refractivity contribution is -0.141. The number of nitrogens with zero attached hydrogens (tertiary/aromatic N) is 2. The molecule has 8 heteroatoms. The molecule has 0 bridgehead atoms. The molecule has 4 rings (SSSR count). The molecule has 31 heavy (non-hydrogen) atoms. The average molecular weight is 465 g/mol. The molecule has 2 fully saturated rings. The molecular weight excluding hydrogens is 442 g/mol. The van der Waals surface area contributed by atoms with Gasteiger partial charge in [0.15, 0.2) is 11.6 Å². The number of methoxy groups -OCH3 is 1. The van der Waals surface area contributed by atoms with Gasteiger partial charge in [-0.2, -0.15) is 0 Å². The number of benzene rings is 2. The minimum Gasteiger partial charge on any atom is -0.494 e. The van der Waals surface area contributed by atoms with E-state index in [2.05, 4.69) is 0 Å². The fourth-order valence-corrected chi connectivity index (χ4v) is 4.99. The molecule has 2 aliphatic rings. The number of halogens is 3. The Morgan fingerprint density at radius 3 is 2.55 bits per heavy atom. The molecule has 0 aromatic heterocycles. The lowest BCUT2D eigenvalue weighted by Crippen LogP contribution is -2.61. The predicted molar refractivity (Wildman–Crippen MR) is 117 cm³/mol. The summed E-state index contributed by atoms with van der Waals surface area (Å²) in [6.07, 6.45) is 3.39. The molecular formula is C23H23Cl2FN2O3. The van der Waals surface area contributed by atoms with Gasteiger partial charge >= 0.3 is 6.03 Å². The van der Waals surface area contributed by atoms with Crippen LogP contribution in [-0.4, -0.2) is 34.9 Å². The fourth-order valence-electron chi connectivity index (χ4n) is 4.52. The number of fused-ring (bicyclic) bond motifs is 1. The van der Waals surface area contributed by atoms with Gasteiger partial charge in [0.2, 0.25) is 5.91 Å². The Kier molecular flexibility index (Phi) is 6.39. The molecule has 3 amide bonds. The van der Waals surface area contributed by atoms with Gasteiger partial charge in [-0.05, 0) is 48.2 Å². The van der Waals surface area contributed by atoms with Crippen LogP contribution in [0.25, 0.3) is 0 Å². The van der Waals surface area contributed by atoms with Crippen molar-refractivity contribution < 1.29 is 18.7 Å². The molecule has 0 radical (unpaired) electrons. The predicted octanol–water partition coefficient (Wildman–Crippen LogP) is 5.66. The van der Waals surface area contributed by atoms with E-state index in [1.807, 2.05) is 0 Å². The fraction of sp³-hybridized carbons (Fsp3) is 0.391. The van der Waals surface area contributed by atoms with Crippen LogP contribution < -0.4 is 4.74 Å². The molecule has 2 aromatic rings. The summed E-state index contributed by atoms with van der Waals surface area (Å²) in [5, 5.41) is 0.892. The van der Waals surface area contributed by atoms with Crippen molar-refractivity contribution in [1.82, 2.24) is 9.80 Å². The Bertz CT molecular complexity index is 1020. The Morgan fingerprint density at radius 2 is 1.84 bits per heavy atom. The minimum absolute atomic E-state index is 0.0738. The number of hydrogen-bond donors (Lipinski definition) is 0. The van der Waals surface area contributed by atoms with Crippen LogP contribution in [0.1, 0.15) is 36.8 Å². The summed E-state index contributed by atoms with van der Waals surface area (Å²) in [6, 6.07) is 9.10. The van der Waals surface area contributed by atoms with Crippen molar-refractivity contribution >= 4 is 35.1 Å². The van der Waals surface area contributed by atoms with Crippen LogP contribution in [0.15, 0.2) is 36.4 Å². The van der Waals surface area contributed by atoms with Gasteiger partial charge in [0, 0.05) is 22.6 Å². The van der Waals surface area contributed by atoms with Gasteiger partial charge in [0.25, 0.3) is 0 Å². The van der Waals surface area contributed by atoms with Crippen molar-refractivity contribution in [3.05, 3.63) is 63.4 Å². The van der Waals surface area contributed by atoms with Crippen molar-refractivity contribution in [2.75, 3.05) is 7.11 Å². The van der Waals surface area contributed by atoms with Gasteiger partial charge in [0.05, 0.1) is 19.6 Å². The smallest absolute Gasteiger partial charge is 0.327 e. The van der Waals surface area contributed by atoms with Crippen molar-refractivity contribution in [2.45, 2.75) is 44.8 Å². The van der Waals surface area contributed by atoms with E-state index in [1.54, 1.807) is 35.2 Å². The maximum absolute atomic E-state index is 14.2. The lowest BCUT2D eigenvalue weighted by atomic mass is 9.81.